The van der Waals surface area contributed by atoms with Crippen LogP contribution in [-0.4, -0.2) is 37.5 Å². The van der Waals surface area contributed by atoms with Gasteiger partial charge in [0.25, 0.3) is 0 Å². The summed E-state index contributed by atoms with van der Waals surface area (Å²) in [6.45, 7) is 8.68. The van der Waals surface area contributed by atoms with Crippen LogP contribution in [0.5, 0.6) is 0 Å². The van der Waals surface area contributed by atoms with Crippen LogP contribution >= 0.6 is 0 Å². The van der Waals surface area contributed by atoms with Gasteiger partial charge in [0.1, 0.15) is 0 Å². The van der Waals surface area contributed by atoms with Gasteiger partial charge in [0.2, 0.25) is 5.91 Å². The quantitative estimate of drug-likeness (QED) is 0.656. The van der Waals surface area contributed by atoms with Crippen LogP contribution in [0, 0.1) is 5.92 Å². The van der Waals surface area contributed by atoms with Crippen LogP contribution in [0.3, 0.4) is 0 Å². The molecule has 0 aliphatic carbocycles. The van der Waals surface area contributed by atoms with Gasteiger partial charge in [-0.2, -0.15) is 0 Å². The Morgan fingerprint density at radius 3 is 2.50 bits per heavy atom. The number of hydrogen-bond donors (Lipinski definition) is 1. The van der Waals surface area contributed by atoms with E-state index < -0.39 is 0 Å². The Hall–Kier alpha value is -0.570. The molecule has 1 amide bonds. The van der Waals surface area contributed by atoms with Crippen LogP contribution in [0.1, 0.15) is 46.5 Å². The van der Waals surface area contributed by atoms with E-state index in [-0.39, 0.29) is 5.91 Å². The van der Waals surface area contributed by atoms with Crippen molar-refractivity contribution in [2.24, 2.45) is 5.92 Å². The molecule has 1 atom stereocenters. The molecule has 0 aliphatic heterocycles. The Labute approximate surface area is 101 Å². The minimum atomic E-state index is 0.188. The summed E-state index contributed by atoms with van der Waals surface area (Å²) >= 11 is 0. The molecule has 0 aromatic heterocycles. The molecule has 0 saturated heterocycles. The zero-order valence-electron chi connectivity index (χ0n) is 11.4. The molecule has 0 radical (unpaired) electrons. The summed E-state index contributed by atoms with van der Waals surface area (Å²) < 4.78 is 0. The number of amides is 1. The standard InChI is InChI=1S/C13H28N2O/c1-5-8-9-12(6-2)10-14-11-13(16)15(4)7-3/h12,14H,5-11H2,1-4H3. The summed E-state index contributed by atoms with van der Waals surface area (Å²) in [6, 6.07) is 0. The van der Waals surface area contributed by atoms with Crippen molar-refractivity contribution in [3.63, 3.8) is 0 Å². The second-order valence-corrected chi connectivity index (χ2v) is 4.46. The summed E-state index contributed by atoms with van der Waals surface area (Å²) in [4.78, 5) is 13.3. The number of likely N-dealkylation sites (N-methyl/N-ethyl adjacent to an activating group) is 1. The molecule has 0 rings (SSSR count). The van der Waals surface area contributed by atoms with Gasteiger partial charge < -0.3 is 10.2 Å². The average molecular weight is 228 g/mol. The zero-order chi connectivity index (χ0) is 12.4. The molecule has 96 valence electrons. The molecule has 0 aromatic carbocycles. The molecular weight excluding hydrogens is 200 g/mol. The van der Waals surface area contributed by atoms with Crippen LogP contribution in [0.2, 0.25) is 0 Å². The van der Waals surface area contributed by atoms with Crippen molar-refractivity contribution in [3.8, 4) is 0 Å². The van der Waals surface area contributed by atoms with E-state index in [1.165, 1.54) is 25.7 Å². The van der Waals surface area contributed by atoms with E-state index in [0.717, 1.165) is 19.0 Å². The van der Waals surface area contributed by atoms with Gasteiger partial charge in [-0.25, -0.2) is 0 Å². The summed E-state index contributed by atoms with van der Waals surface area (Å²) in [5, 5.41) is 3.27. The van der Waals surface area contributed by atoms with Gasteiger partial charge >= 0.3 is 0 Å². The summed E-state index contributed by atoms with van der Waals surface area (Å²) in [6.07, 6.45) is 5.03. The molecule has 1 N–H and O–H groups in total. The molecule has 3 nitrogen and oxygen atoms in total. The summed E-state index contributed by atoms with van der Waals surface area (Å²) in [5.41, 5.74) is 0. The van der Waals surface area contributed by atoms with Gasteiger partial charge in [-0.05, 0) is 25.8 Å². The maximum atomic E-state index is 11.5. The van der Waals surface area contributed by atoms with Crippen LogP contribution in [-0.2, 0) is 4.79 Å². The van der Waals surface area contributed by atoms with Gasteiger partial charge in [-0.3, -0.25) is 4.79 Å². The zero-order valence-corrected chi connectivity index (χ0v) is 11.4. The third kappa shape index (κ3) is 6.83. The number of unbranched alkanes of at least 4 members (excludes halogenated alkanes) is 1. The minimum Gasteiger partial charge on any atom is -0.345 e. The van der Waals surface area contributed by atoms with Gasteiger partial charge in [-0.15, -0.1) is 0 Å². The molecule has 3 heteroatoms. The lowest BCUT2D eigenvalue weighted by Crippen LogP contribution is -2.37. The molecule has 1 unspecified atom stereocenters. The largest absolute Gasteiger partial charge is 0.345 e. The normalized spacial score (nSPS) is 12.5. The Kier molecular flexibility index (Phi) is 9.30. The molecular formula is C13H28N2O. The highest BCUT2D eigenvalue weighted by Gasteiger charge is 2.08. The number of hydrogen-bond acceptors (Lipinski definition) is 2. The van der Waals surface area contributed by atoms with Crippen molar-refractivity contribution in [2.75, 3.05) is 26.7 Å². The third-order valence-electron chi connectivity index (χ3n) is 3.15. The molecule has 0 bridgehead atoms. The lowest BCUT2D eigenvalue weighted by Gasteiger charge is -2.18. The molecule has 0 aliphatic rings. The number of rotatable bonds is 9. The topological polar surface area (TPSA) is 32.3 Å². The maximum absolute atomic E-state index is 11.5. The van der Waals surface area contributed by atoms with E-state index >= 15 is 0 Å². The van der Waals surface area contributed by atoms with E-state index in [9.17, 15) is 4.79 Å². The Morgan fingerprint density at radius 1 is 1.31 bits per heavy atom. The van der Waals surface area contributed by atoms with Crippen LogP contribution < -0.4 is 5.32 Å². The fourth-order valence-electron chi connectivity index (χ4n) is 1.64. The van der Waals surface area contributed by atoms with E-state index in [1.807, 2.05) is 14.0 Å². The number of carbonyl (C=O) groups excluding carboxylic acids is 1. The smallest absolute Gasteiger partial charge is 0.236 e. The molecule has 0 fully saturated rings. The number of carbonyl (C=O) groups is 1. The Balaban J connectivity index is 3.65. The first kappa shape index (κ1) is 15.4. The Bertz CT molecular complexity index is 183. The molecule has 16 heavy (non-hydrogen) atoms. The average Bonchev–Trinajstić information content (AvgIpc) is 2.32. The lowest BCUT2D eigenvalue weighted by molar-refractivity contribution is -0.128. The first-order valence-corrected chi connectivity index (χ1v) is 6.60. The van der Waals surface area contributed by atoms with Crippen molar-refractivity contribution in [1.29, 1.82) is 0 Å². The first-order valence-electron chi connectivity index (χ1n) is 6.60. The van der Waals surface area contributed by atoms with Crippen molar-refractivity contribution in [2.45, 2.75) is 46.5 Å². The highest BCUT2D eigenvalue weighted by Crippen LogP contribution is 2.10. The number of nitrogens with one attached hydrogen (secondary N) is 1. The van der Waals surface area contributed by atoms with E-state index in [4.69, 9.17) is 0 Å². The predicted octanol–water partition coefficient (Wildman–Crippen LogP) is 2.27. The lowest BCUT2D eigenvalue weighted by atomic mass is 9.99. The van der Waals surface area contributed by atoms with Crippen LogP contribution in [0.25, 0.3) is 0 Å². The minimum absolute atomic E-state index is 0.188. The monoisotopic (exact) mass is 228 g/mol. The van der Waals surface area contributed by atoms with Gasteiger partial charge in [0, 0.05) is 13.6 Å². The SMILES string of the molecule is CCCCC(CC)CNCC(=O)N(C)CC. The fraction of sp³-hybridized carbons (Fsp3) is 0.923. The van der Waals surface area contributed by atoms with Gasteiger partial charge in [-0.1, -0.05) is 33.1 Å². The highest BCUT2D eigenvalue weighted by molar-refractivity contribution is 5.77. The molecule has 0 saturated carbocycles. The Morgan fingerprint density at radius 2 is 2.00 bits per heavy atom. The van der Waals surface area contributed by atoms with Gasteiger partial charge in [0.05, 0.1) is 6.54 Å². The van der Waals surface area contributed by atoms with E-state index in [2.05, 4.69) is 19.2 Å². The van der Waals surface area contributed by atoms with Crippen molar-refractivity contribution >= 4 is 5.91 Å². The summed E-state index contributed by atoms with van der Waals surface area (Å²) in [7, 11) is 1.85. The number of nitrogens with zero attached hydrogens (tertiary/aromatic N) is 1. The van der Waals surface area contributed by atoms with E-state index in [1.54, 1.807) is 4.90 Å². The molecule has 0 aromatic rings. The fourth-order valence-corrected chi connectivity index (χ4v) is 1.64. The molecule has 0 heterocycles. The van der Waals surface area contributed by atoms with Crippen molar-refractivity contribution in [3.05, 3.63) is 0 Å². The maximum Gasteiger partial charge on any atom is 0.236 e. The van der Waals surface area contributed by atoms with Gasteiger partial charge in [0.15, 0.2) is 0 Å². The second kappa shape index (κ2) is 9.64. The van der Waals surface area contributed by atoms with Crippen LogP contribution in [0.4, 0.5) is 0 Å². The van der Waals surface area contributed by atoms with Crippen molar-refractivity contribution < 1.29 is 4.79 Å². The third-order valence-corrected chi connectivity index (χ3v) is 3.15. The summed E-state index contributed by atoms with van der Waals surface area (Å²) in [5.74, 6) is 0.910. The first-order chi connectivity index (χ1) is 7.65. The second-order valence-electron chi connectivity index (χ2n) is 4.46. The van der Waals surface area contributed by atoms with Crippen molar-refractivity contribution in [1.82, 2.24) is 10.2 Å². The van der Waals surface area contributed by atoms with E-state index in [0.29, 0.717) is 6.54 Å². The highest BCUT2D eigenvalue weighted by atomic mass is 16.2. The predicted molar refractivity (Wildman–Crippen MR) is 69.5 cm³/mol. The van der Waals surface area contributed by atoms with Crippen LogP contribution in [0.15, 0.2) is 0 Å². The molecule has 0 spiro atoms.